The summed E-state index contributed by atoms with van der Waals surface area (Å²) in [4.78, 5) is 29.2. The molecule has 1 aliphatic carbocycles. The summed E-state index contributed by atoms with van der Waals surface area (Å²) in [6.07, 6.45) is 4.33. The maximum Gasteiger partial charge on any atom is 0.264 e. The molecule has 1 aliphatic rings. The third-order valence-electron chi connectivity index (χ3n) is 7.56. The van der Waals surface area contributed by atoms with E-state index in [0.29, 0.717) is 17.2 Å². The summed E-state index contributed by atoms with van der Waals surface area (Å²) >= 11 is 6.10. The van der Waals surface area contributed by atoms with Crippen molar-refractivity contribution in [2.45, 2.75) is 69.5 Å². The Hall–Kier alpha value is -3.56. The first-order valence-electron chi connectivity index (χ1n) is 14.2. The molecule has 42 heavy (non-hydrogen) atoms. The molecule has 3 aromatic rings. The van der Waals surface area contributed by atoms with E-state index in [4.69, 9.17) is 16.3 Å². The second-order valence-electron chi connectivity index (χ2n) is 10.6. The van der Waals surface area contributed by atoms with Gasteiger partial charge in [-0.05, 0) is 80.3 Å². The smallest absolute Gasteiger partial charge is 0.264 e. The fraction of sp³-hybridized carbons (Fsp3) is 0.375. The minimum atomic E-state index is -4.18. The molecule has 2 amide bonds. The van der Waals surface area contributed by atoms with E-state index in [9.17, 15) is 18.0 Å². The summed E-state index contributed by atoms with van der Waals surface area (Å²) in [7, 11) is -2.69. The maximum atomic E-state index is 14.2. The van der Waals surface area contributed by atoms with E-state index in [1.165, 1.54) is 24.1 Å². The summed E-state index contributed by atoms with van der Waals surface area (Å²) in [5.74, 6) is -0.204. The molecule has 1 N–H and O–H groups in total. The van der Waals surface area contributed by atoms with E-state index in [1.54, 1.807) is 36.4 Å². The lowest BCUT2D eigenvalue weighted by atomic mass is 10.1. The normalized spacial score (nSPS) is 14.3. The van der Waals surface area contributed by atoms with Gasteiger partial charge in [0.2, 0.25) is 11.8 Å². The minimum absolute atomic E-state index is 0.00213. The summed E-state index contributed by atoms with van der Waals surface area (Å²) in [5, 5.41) is 3.56. The standard InChI is InChI=1S/C32H38ClN3O5S/c1-4-30(32(38)34-26-10-5-6-11-26)35(21-24-9-7-8-23(2)20-24)31(37)22-36(27-14-12-25(33)13-15-27)42(39,40)29-18-16-28(41-3)17-19-29/h7-9,12-20,26,30H,4-6,10-11,21-22H2,1-3H3,(H,34,38)/t30-/m1/s1. The molecule has 1 saturated carbocycles. The zero-order valence-electron chi connectivity index (χ0n) is 24.3. The summed E-state index contributed by atoms with van der Waals surface area (Å²) < 4.78 is 34.2. The Morgan fingerprint density at radius 3 is 2.29 bits per heavy atom. The van der Waals surface area contributed by atoms with Crippen LogP contribution in [0.2, 0.25) is 5.02 Å². The van der Waals surface area contributed by atoms with Crippen molar-refractivity contribution < 1.29 is 22.7 Å². The van der Waals surface area contributed by atoms with Gasteiger partial charge in [0.05, 0.1) is 17.7 Å². The van der Waals surface area contributed by atoms with Gasteiger partial charge in [-0.1, -0.05) is 61.2 Å². The molecule has 0 radical (unpaired) electrons. The molecule has 8 nitrogen and oxygen atoms in total. The second-order valence-corrected chi connectivity index (χ2v) is 12.9. The van der Waals surface area contributed by atoms with Crippen molar-refractivity contribution >= 4 is 39.1 Å². The molecule has 1 atom stereocenters. The number of benzene rings is 3. The highest BCUT2D eigenvalue weighted by Gasteiger charge is 2.34. The van der Waals surface area contributed by atoms with Crippen LogP contribution in [0, 0.1) is 6.92 Å². The van der Waals surface area contributed by atoms with Crippen LogP contribution in [0.3, 0.4) is 0 Å². The monoisotopic (exact) mass is 611 g/mol. The van der Waals surface area contributed by atoms with Gasteiger partial charge in [-0.2, -0.15) is 0 Å². The number of carbonyl (C=O) groups is 2. The van der Waals surface area contributed by atoms with Crippen molar-refractivity contribution in [3.63, 3.8) is 0 Å². The molecule has 3 aromatic carbocycles. The molecule has 0 aliphatic heterocycles. The lowest BCUT2D eigenvalue weighted by Gasteiger charge is -2.34. The van der Waals surface area contributed by atoms with Crippen molar-refractivity contribution in [3.05, 3.63) is 88.9 Å². The predicted octanol–water partition coefficient (Wildman–Crippen LogP) is 5.72. The van der Waals surface area contributed by atoms with E-state index in [0.717, 1.165) is 41.1 Å². The number of carbonyl (C=O) groups excluding carboxylic acids is 2. The van der Waals surface area contributed by atoms with Gasteiger partial charge in [-0.15, -0.1) is 0 Å². The summed E-state index contributed by atoms with van der Waals surface area (Å²) in [5.41, 5.74) is 2.15. The van der Waals surface area contributed by atoms with Crippen molar-refractivity contribution in [3.8, 4) is 5.75 Å². The molecule has 0 aromatic heterocycles. The minimum Gasteiger partial charge on any atom is -0.497 e. The van der Waals surface area contributed by atoms with Gasteiger partial charge >= 0.3 is 0 Å². The van der Waals surface area contributed by atoms with Gasteiger partial charge in [0.15, 0.2) is 0 Å². The Morgan fingerprint density at radius 1 is 1.02 bits per heavy atom. The van der Waals surface area contributed by atoms with Crippen LogP contribution >= 0.6 is 11.6 Å². The van der Waals surface area contributed by atoms with Crippen molar-refractivity contribution in [1.82, 2.24) is 10.2 Å². The first kappa shape index (κ1) is 31.4. The maximum absolute atomic E-state index is 14.2. The number of ether oxygens (including phenoxy) is 1. The van der Waals surface area contributed by atoms with Gasteiger partial charge in [0, 0.05) is 17.6 Å². The second kappa shape index (κ2) is 14.1. The average Bonchev–Trinajstić information content (AvgIpc) is 3.49. The number of methoxy groups -OCH3 is 1. The summed E-state index contributed by atoms with van der Waals surface area (Å²) in [6.45, 7) is 3.48. The highest BCUT2D eigenvalue weighted by atomic mass is 35.5. The third kappa shape index (κ3) is 7.63. The van der Waals surface area contributed by atoms with Crippen molar-refractivity contribution in [1.29, 1.82) is 0 Å². The zero-order chi connectivity index (χ0) is 30.3. The Morgan fingerprint density at radius 2 is 1.69 bits per heavy atom. The highest BCUT2D eigenvalue weighted by Crippen LogP contribution is 2.27. The van der Waals surface area contributed by atoms with Crippen LogP contribution in [0.1, 0.15) is 50.2 Å². The van der Waals surface area contributed by atoms with E-state index >= 15 is 0 Å². The first-order chi connectivity index (χ1) is 20.1. The van der Waals surface area contributed by atoms with E-state index < -0.39 is 28.5 Å². The Balaban J connectivity index is 1.71. The lowest BCUT2D eigenvalue weighted by molar-refractivity contribution is -0.140. The highest BCUT2D eigenvalue weighted by molar-refractivity contribution is 7.92. The van der Waals surface area contributed by atoms with E-state index in [-0.39, 0.29) is 29.1 Å². The number of rotatable bonds is 12. The molecule has 0 heterocycles. The zero-order valence-corrected chi connectivity index (χ0v) is 25.8. The number of sulfonamides is 1. The van der Waals surface area contributed by atoms with Crippen LogP contribution in [0.15, 0.2) is 77.7 Å². The SMILES string of the molecule is CC[C@H](C(=O)NC1CCCC1)N(Cc1cccc(C)c1)C(=O)CN(c1ccc(Cl)cc1)S(=O)(=O)c1ccc(OC)cc1. The number of anilines is 1. The van der Waals surface area contributed by atoms with Crippen LogP contribution in [-0.2, 0) is 26.2 Å². The molecule has 0 bridgehead atoms. The fourth-order valence-electron chi connectivity index (χ4n) is 5.31. The number of aryl methyl sites for hydroxylation is 1. The van der Waals surface area contributed by atoms with E-state index in [2.05, 4.69) is 5.32 Å². The number of hydrogen-bond donors (Lipinski definition) is 1. The first-order valence-corrected chi connectivity index (χ1v) is 16.0. The Kier molecular flexibility index (Phi) is 10.5. The Bertz CT molecular complexity index is 1470. The van der Waals surface area contributed by atoms with Crippen LogP contribution < -0.4 is 14.4 Å². The summed E-state index contributed by atoms with van der Waals surface area (Å²) in [6, 6.07) is 19.3. The fourth-order valence-corrected chi connectivity index (χ4v) is 6.85. The van der Waals surface area contributed by atoms with Gasteiger partial charge in [-0.25, -0.2) is 8.42 Å². The number of halogens is 1. The molecule has 224 valence electrons. The van der Waals surface area contributed by atoms with Gasteiger partial charge in [-0.3, -0.25) is 13.9 Å². The van der Waals surface area contributed by atoms with Gasteiger partial charge in [0.1, 0.15) is 18.3 Å². The van der Waals surface area contributed by atoms with Crippen molar-refractivity contribution in [2.75, 3.05) is 18.0 Å². The number of nitrogens with one attached hydrogen (secondary N) is 1. The number of amides is 2. The molecule has 0 unspecified atom stereocenters. The molecular weight excluding hydrogens is 574 g/mol. The van der Waals surface area contributed by atoms with Crippen LogP contribution in [-0.4, -0.2) is 50.9 Å². The molecule has 0 spiro atoms. The quantitative estimate of drug-likeness (QED) is 0.283. The van der Waals surface area contributed by atoms with Gasteiger partial charge < -0.3 is 15.0 Å². The van der Waals surface area contributed by atoms with Crippen molar-refractivity contribution in [2.24, 2.45) is 0 Å². The number of nitrogens with zero attached hydrogens (tertiary/aromatic N) is 2. The predicted molar refractivity (Wildman–Crippen MR) is 165 cm³/mol. The van der Waals surface area contributed by atoms with Crippen LogP contribution in [0.4, 0.5) is 5.69 Å². The van der Waals surface area contributed by atoms with E-state index in [1.807, 2.05) is 38.1 Å². The molecule has 1 fully saturated rings. The van der Waals surface area contributed by atoms with Crippen LogP contribution in [0.5, 0.6) is 5.75 Å². The molecule has 0 saturated heterocycles. The lowest BCUT2D eigenvalue weighted by Crippen LogP contribution is -2.53. The molecule has 10 heteroatoms. The number of hydrogen-bond acceptors (Lipinski definition) is 5. The largest absolute Gasteiger partial charge is 0.497 e. The Labute approximate surface area is 253 Å². The third-order valence-corrected chi connectivity index (χ3v) is 9.60. The topological polar surface area (TPSA) is 96.0 Å². The molecule has 4 rings (SSSR count). The molecular formula is C32H38ClN3O5S. The average molecular weight is 612 g/mol. The van der Waals surface area contributed by atoms with Gasteiger partial charge in [0.25, 0.3) is 10.0 Å². The van der Waals surface area contributed by atoms with Crippen LogP contribution in [0.25, 0.3) is 0 Å².